The number of hydrogen-bond acceptors (Lipinski definition) is 7. The van der Waals surface area contributed by atoms with Crippen LogP contribution in [0.15, 0.2) is 24.3 Å². The second kappa shape index (κ2) is 13.0. The fraction of sp³-hybridized carbons (Fsp3) is 0.714. The van der Waals surface area contributed by atoms with Crippen molar-refractivity contribution >= 4 is 17.1 Å². The van der Waals surface area contributed by atoms with E-state index in [2.05, 4.69) is 23.3 Å². The van der Waals surface area contributed by atoms with Crippen molar-refractivity contribution in [2.24, 2.45) is 11.8 Å². The number of fused-ring (bicyclic) bond motifs is 1. The Hall–Kier alpha value is -2.20. The van der Waals surface area contributed by atoms with E-state index in [-0.39, 0.29) is 30.6 Å². The third-order valence-corrected chi connectivity index (χ3v) is 6.68. The van der Waals surface area contributed by atoms with Gasteiger partial charge < -0.3 is 29.2 Å². The Morgan fingerprint density at radius 1 is 1.22 bits per heavy atom. The molecule has 1 aliphatic heterocycles. The molecular weight excluding hydrogens is 472 g/mol. The van der Waals surface area contributed by atoms with Crippen molar-refractivity contribution in [3.8, 4) is 0 Å². The zero-order valence-corrected chi connectivity index (χ0v) is 23.4. The number of piperidine rings is 1. The number of likely N-dealkylation sites (tertiary alicyclic amines) is 1. The number of nitrogens with zero attached hydrogens (tertiary/aromatic N) is 4. The number of methoxy groups -OCH3 is 1. The van der Waals surface area contributed by atoms with Crippen LogP contribution in [-0.2, 0) is 16.0 Å². The van der Waals surface area contributed by atoms with E-state index in [1.54, 1.807) is 12.0 Å². The van der Waals surface area contributed by atoms with E-state index >= 15 is 0 Å². The molecule has 37 heavy (non-hydrogen) atoms. The Morgan fingerprint density at radius 2 is 1.95 bits per heavy atom. The average molecular weight is 519 g/mol. The topological polar surface area (TPSA) is 100 Å². The largest absolute Gasteiger partial charge is 0.444 e. The first-order chi connectivity index (χ1) is 17.5. The van der Waals surface area contributed by atoms with E-state index in [1.807, 2.05) is 45.0 Å². The highest BCUT2D eigenvalue weighted by atomic mass is 16.6. The first-order valence-electron chi connectivity index (χ1n) is 13.5. The standard InChI is InChI=1S/C28H46N4O5/c1-20(2)16-32(22-15-21(19-33)17-30(18-22)27(35)37-28(3,4)5)26(34)25-29-23-11-7-8-12-24(23)31(25)13-9-10-14-36-6/h7-8,11-12,20-22,26,33-34H,9-10,13-19H2,1-6H3/t21?,22-,26?/m0/s1. The van der Waals surface area contributed by atoms with Gasteiger partial charge in [0, 0.05) is 58.5 Å². The van der Waals surface area contributed by atoms with Gasteiger partial charge in [0.1, 0.15) is 5.60 Å². The Bertz CT molecular complexity index is 1000. The molecule has 0 aliphatic carbocycles. The van der Waals surface area contributed by atoms with Crippen molar-refractivity contribution in [3.05, 3.63) is 30.1 Å². The van der Waals surface area contributed by atoms with E-state index in [0.29, 0.717) is 38.5 Å². The summed E-state index contributed by atoms with van der Waals surface area (Å²) in [7, 11) is 1.70. The van der Waals surface area contributed by atoms with Crippen molar-refractivity contribution in [1.29, 1.82) is 0 Å². The minimum Gasteiger partial charge on any atom is -0.444 e. The Kier molecular flexibility index (Phi) is 10.3. The van der Waals surface area contributed by atoms with E-state index < -0.39 is 11.8 Å². The van der Waals surface area contributed by atoms with Gasteiger partial charge in [-0.1, -0.05) is 26.0 Å². The van der Waals surface area contributed by atoms with Gasteiger partial charge in [-0.05, 0) is 58.1 Å². The zero-order chi connectivity index (χ0) is 27.2. The van der Waals surface area contributed by atoms with Crippen LogP contribution < -0.4 is 0 Å². The summed E-state index contributed by atoms with van der Waals surface area (Å²) < 4.78 is 13.0. The molecule has 208 valence electrons. The summed E-state index contributed by atoms with van der Waals surface area (Å²) in [6.45, 7) is 12.6. The SMILES string of the molecule is COCCCCn1c(C(O)N(CC(C)C)[C@H]2CC(CO)CN(C(=O)OC(C)(C)C)C2)nc2ccccc21. The maximum Gasteiger partial charge on any atom is 0.410 e. The smallest absolute Gasteiger partial charge is 0.410 e. The van der Waals surface area contributed by atoms with Crippen molar-refractivity contribution in [2.75, 3.05) is 40.0 Å². The third-order valence-electron chi connectivity index (χ3n) is 6.68. The van der Waals surface area contributed by atoms with Gasteiger partial charge in [-0.3, -0.25) is 4.90 Å². The molecule has 3 rings (SSSR count). The second-order valence-corrected chi connectivity index (χ2v) is 11.6. The lowest BCUT2D eigenvalue weighted by molar-refractivity contribution is -0.0724. The molecule has 1 aliphatic rings. The number of para-hydroxylation sites is 2. The third kappa shape index (κ3) is 7.89. The number of ether oxygens (including phenoxy) is 2. The van der Waals surface area contributed by atoms with Gasteiger partial charge in [-0.25, -0.2) is 9.78 Å². The number of imidazole rings is 1. The number of aliphatic hydroxyl groups is 2. The number of unbranched alkanes of at least 4 members (excludes halogenated alkanes) is 1. The number of hydrogen-bond donors (Lipinski definition) is 2. The summed E-state index contributed by atoms with van der Waals surface area (Å²) in [4.78, 5) is 21.6. The van der Waals surface area contributed by atoms with E-state index in [9.17, 15) is 15.0 Å². The first kappa shape index (κ1) is 29.4. The molecule has 0 spiro atoms. The lowest BCUT2D eigenvalue weighted by Gasteiger charge is -2.44. The number of carbonyl (C=O) groups excluding carboxylic acids is 1. The second-order valence-electron chi connectivity index (χ2n) is 11.6. The van der Waals surface area contributed by atoms with Gasteiger partial charge in [0.05, 0.1) is 11.0 Å². The lowest BCUT2D eigenvalue weighted by Crippen LogP contribution is -2.55. The molecule has 1 amide bonds. The molecule has 2 N–H and O–H groups in total. The van der Waals surface area contributed by atoms with Crippen LogP contribution in [0.1, 0.15) is 65.9 Å². The summed E-state index contributed by atoms with van der Waals surface area (Å²) in [6, 6.07) is 7.80. The van der Waals surface area contributed by atoms with Crippen LogP contribution in [0, 0.1) is 11.8 Å². The van der Waals surface area contributed by atoms with Crippen LogP contribution in [0.3, 0.4) is 0 Å². The van der Waals surface area contributed by atoms with Crippen molar-refractivity contribution < 1.29 is 24.5 Å². The predicted octanol–water partition coefficient (Wildman–Crippen LogP) is 4.03. The van der Waals surface area contributed by atoms with E-state index in [1.165, 1.54) is 0 Å². The van der Waals surface area contributed by atoms with Gasteiger partial charge in [0.2, 0.25) is 0 Å². The normalized spacial score (nSPS) is 19.7. The molecule has 3 atom stereocenters. The minimum absolute atomic E-state index is 0.0283. The minimum atomic E-state index is -0.958. The molecule has 1 fully saturated rings. The maximum absolute atomic E-state index is 13.0. The van der Waals surface area contributed by atoms with Gasteiger partial charge in [-0.2, -0.15) is 0 Å². The fourth-order valence-electron chi connectivity index (χ4n) is 5.08. The van der Waals surface area contributed by atoms with E-state index in [0.717, 1.165) is 30.4 Å². The fourth-order valence-corrected chi connectivity index (χ4v) is 5.08. The van der Waals surface area contributed by atoms with Crippen molar-refractivity contribution in [1.82, 2.24) is 19.4 Å². The summed E-state index contributed by atoms with van der Waals surface area (Å²) in [5.41, 5.74) is 1.23. The Morgan fingerprint density at radius 3 is 2.59 bits per heavy atom. The van der Waals surface area contributed by atoms with Crippen LogP contribution in [-0.4, -0.2) is 87.3 Å². The molecule has 1 saturated heterocycles. The quantitative estimate of drug-likeness (QED) is 0.342. The van der Waals surface area contributed by atoms with Gasteiger partial charge in [0.25, 0.3) is 0 Å². The number of aromatic nitrogens is 2. The Labute approximate surface area is 221 Å². The molecule has 1 aromatic carbocycles. The van der Waals surface area contributed by atoms with Crippen LogP contribution >= 0.6 is 0 Å². The highest BCUT2D eigenvalue weighted by Gasteiger charge is 2.38. The average Bonchev–Trinajstić information content (AvgIpc) is 3.22. The highest BCUT2D eigenvalue weighted by Crippen LogP contribution is 2.31. The molecule has 0 radical (unpaired) electrons. The number of carbonyl (C=O) groups is 1. The van der Waals surface area contributed by atoms with Gasteiger partial charge >= 0.3 is 6.09 Å². The molecule has 9 nitrogen and oxygen atoms in total. The first-order valence-corrected chi connectivity index (χ1v) is 13.5. The lowest BCUT2D eigenvalue weighted by atomic mass is 9.93. The molecule has 0 bridgehead atoms. The van der Waals surface area contributed by atoms with Gasteiger partial charge in [-0.15, -0.1) is 0 Å². The number of benzene rings is 1. The maximum atomic E-state index is 13.0. The van der Waals surface area contributed by atoms with Crippen LogP contribution in [0.5, 0.6) is 0 Å². The molecule has 9 heteroatoms. The zero-order valence-electron chi connectivity index (χ0n) is 23.4. The summed E-state index contributed by atoms with van der Waals surface area (Å²) in [5.74, 6) is 0.786. The van der Waals surface area contributed by atoms with Crippen molar-refractivity contribution in [2.45, 2.75) is 78.3 Å². The highest BCUT2D eigenvalue weighted by molar-refractivity contribution is 5.76. The number of rotatable bonds is 11. The van der Waals surface area contributed by atoms with E-state index in [4.69, 9.17) is 14.5 Å². The molecule has 2 heterocycles. The summed E-state index contributed by atoms with van der Waals surface area (Å²) in [5, 5.41) is 21.9. The monoisotopic (exact) mass is 518 g/mol. The summed E-state index contributed by atoms with van der Waals surface area (Å²) in [6.07, 6.45) is 1.15. The summed E-state index contributed by atoms with van der Waals surface area (Å²) >= 11 is 0. The van der Waals surface area contributed by atoms with Crippen molar-refractivity contribution in [3.63, 3.8) is 0 Å². The molecule has 2 unspecified atom stereocenters. The van der Waals surface area contributed by atoms with Crippen LogP contribution in [0.4, 0.5) is 4.79 Å². The van der Waals surface area contributed by atoms with Gasteiger partial charge in [0.15, 0.2) is 12.1 Å². The molecular formula is C28H46N4O5. The van der Waals surface area contributed by atoms with Crippen LogP contribution in [0.2, 0.25) is 0 Å². The van der Waals surface area contributed by atoms with Crippen LogP contribution in [0.25, 0.3) is 11.0 Å². The molecule has 2 aromatic rings. The molecule has 0 saturated carbocycles. The predicted molar refractivity (Wildman–Crippen MR) is 144 cm³/mol. The molecule has 1 aromatic heterocycles. The number of aryl methyl sites for hydroxylation is 1. The number of aliphatic hydroxyl groups excluding tert-OH is 2. The Balaban J connectivity index is 1.93. The number of amides is 1.